The summed E-state index contributed by atoms with van der Waals surface area (Å²) in [4.78, 5) is 51.4. The molecule has 4 rings (SSSR count). The first-order chi connectivity index (χ1) is 14.4. The lowest BCUT2D eigenvalue weighted by atomic mass is 9.93. The Hall–Kier alpha value is -4.00. The second-order valence-electron chi connectivity index (χ2n) is 6.92. The lowest BCUT2D eigenvalue weighted by Gasteiger charge is -2.31. The molecule has 150 valence electrons. The van der Waals surface area contributed by atoms with Gasteiger partial charge in [-0.2, -0.15) is 0 Å². The predicted molar refractivity (Wildman–Crippen MR) is 110 cm³/mol. The number of nitrogens with one attached hydrogen (secondary N) is 1. The minimum absolute atomic E-state index is 0.342. The zero-order chi connectivity index (χ0) is 21.4. The van der Waals surface area contributed by atoms with Crippen LogP contribution in [0.3, 0.4) is 0 Å². The standard InChI is InChI=1S/C23H18N2O5/c1-13(20(26)24-16-11-9-15(10-12-16)23(29)30-2)25-21(27)17-7-3-5-14-6-4-8-18(19(14)17)22(25)28/h3-13H,1-2H3,(H,24,26)/t13-/m0/s1. The number of methoxy groups -OCH3 is 1. The fourth-order valence-corrected chi connectivity index (χ4v) is 3.57. The maximum atomic E-state index is 13.0. The normalized spacial score (nSPS) is 13.9. The van der Waals surface area contributed by atoms with E-state index in [0.29, 0.717) is 27.8 Å². The summed E-state index contributed by atoms with van der Waals surface area (Å²) in [5.41, 5.74) is 1.56. The molecule has 1 heterocycles. The van der Waals surface area contributed by atoms with Crippen LogP contribution in [0.2, 0.25) is 0 Å². The largest absolute Gasteiger partial charge is 0.465 e. The van der Waals surface area contributed by atoms with E-state index >= 15 is 0 Å². The van der Waals surface area contributed by atoms with Gasteiger partial charge in [-0.3, -0.25) is 19.3 Å². The lowest BCUT2D eigenvalue weighted by molar-refractivity contribution is -0.119. The summed E-state index contributed by atoms with van der Waals surface area (Å²) in [6.45, 7) is 1.50. The van der Waals surface area contributed by atoms with Crippen LogP contribution >= 0.6 is 0 Å². The van der Waals surface area contributed by atoms with Crippen LogP contribution in [0.4, 0.5) is 5.69 Å². The molecule has 7 heteroatoms. The van der Waals surface area contributed by atoms with Gasteiger partial charge in [-0.05, 0) is 48.7 Å². The fourth-order valence-electron chi connectivity index (χ4n) is 3.57. The number of imide groups is 1. The number of esters is 1. The average Bonchev–Trinajstić information content (AvgIpc) is 2.77. The van der Waals surface area contributed by atoms with Gasteiger partial charge in [0.05, 0.1) is 12.7 Å². The van der Waals surface area contributed by atoms with Crippen molar-refractivity contribution in [1.82, 2.24) is 4.90 Å². The monoisotopic (exact) mass is 402 g/mol. The van der Waals surface area contributed by atoms with Crippen molar-refractivity contribution in [3.63, 3.8) is 0 Å². The quantitative estimate of drug-likeness (QED) is 0.534. The maximum absolute atomic E-state index is 13.0. The molecule has 30 heavy (non-hydrogen) atoms. The van der Waals surface area contributed by atoms with Crippen molar-refractivity contribution in [2.24, 2.45) is 0 Å². The molecule has 1 aliphatic rings. The van der Waals surface area contributed by atoms with Gasteiger partial charge in [-0.25, -0.2) is 4.79 Å². The Morgan fingerprint density at radius 2 is 1.47 bits per heavy atom. The van der Waals surface area contributed by atoms with Gasteiger partial charge in [0.2, 0.25) is 5.91 Å². The van der Waals surface area contributed by atoms with Gasteiger partial charge in [0.15, 0.2) is 0 Å². The van der Waals surface area contributed by atoms with E-state index in [-0.39, 0.29) is 0 Å². The number of ether oxygens (including phenoxy) is 1. The van der Waals surface area contributed by atoms with Crippen molar-refractivity contribution >= 4 is 40.2 Å². The number of nitrogens with zero attached hydrogens (tertiary/aromatic N) is 1. The zero-order valence-corrected chi connectivity index (χ0v) is 16.3. The molecule has 7 nitrogen and oxygen atoms in total. The summed E-state index contributed by atoms with van der Waals surface area (Å²) >= 11 is 0. The minimum Gasteiger partial charge on any atom is -0.465 e. The van der Waals surface area contributed by atoms with E-state index in [4.69, 9.17) is 0 Å². The molecule has 1 atom stereocenters. The van der Waals surface area contributed by atoms with Crippen LogP contribution in [0.15, 0.2) is 60.7 Å². The zero-order valence-electron chi connectivity index (χ0n) is 16.3. The molecule has 0 aliphatic carbocycles. The van der Waals surface area contributed by atoms with Crippen molar-refractivity contribution in [1.29, 1.82) is 0 Å². The Labute approximate surface area is 172 Å². The molecule has 0 unspecified atom stereocenters. The molecule has 0 saturated heterocycles. The van der Waals surface area contributed by atoms with Crippen molar-refractivity contribution in [3.05, 3.63) is 77.4 Å². The Morgan fingerprint density at radius 1 is 0.900 bits per heavy atom. The molecular formula is C23H18N2O5. The molecular weight excluding hydrogens is 384 g/mol. The fraction of sp³-hybridized carbons (Fsp3) is 0.130. The summed E-state index contributed by atoms with van der Waals surface area (Å²) in [5.74, 6) is -2.02. The number of hydrogen-bond donors (Lipinski definition) is 1. The molecule has 3 aromatic carbocycles. The van der Waals surface area contributed by atoms with Crippen LogP contribution in [0, 0.1) is 0 Å². The third-order valence-electron chi connectivity index (χ3n) is 5.14. The number of carbonyl (C=O) groups excluding carboxylic acids is 4. The second-order valence-corrected chi connectivity index (χ2v) is 6.92. The van der Waals surface area contributed by atoms with E-state index in [2.05, 4.69) is 10.1 Å². The van der Waals surface area contributed by atoms with Crippen LogP contribution in [-0.4, -0.2) is 41.7 Å². The summed E-state index contributed by atoms with van der Waals surface area (Å²) in [6, 6.07) is 15.6. The van der Waals surface area contributed by atoms with Gasteiger partial charge in [-0.15, -0.1) is 0 Å². The molecule has 0 bridgehead atoms. The Balaban J connectivity index is 1.59. The van der Waals surface area contributed by atoms with Crippen LogP contribution in [0.1, 0.15) is 38.0 Å². The number of rotatable bonds is 4. The van der Waals surface area contributed by atoms with Crippen molar-refractivity contribution in [2.75, 3.05) is 12.4 Å². The molecule has 0 saturated carbocycles. The van der Waals surface area contributed by atoms with E-state index in [0.717, 1.165) is 10.3 Å². The van der Waals surface area contributed by atoms with Gasteiger partial charge >= 0.3 is 5.97 Å². The first kappa shape index (κ1) is 19.3. The number of anilines is 1. The highest BCUT2D eigenvalue weighted by molar-refractivity contribution is 6.26. The first-order valence-electron chi connectivity index (χ1n) is 9.31. The topological polar surface area (TPSA) is 92.8 Å². The highest BCUT2D eigenvalue weighted by Gasteiger charge is 2.38. The molecule has 0 aromatic heterocycles. The summed E-state index contributed by atoms with van der Waals surface area (Å²) in [7, 11) is 1.28. The lowest BCUT2D eigenvalue weighted by Crippen LogP contribution is -2.50. The third-order valence-corrected chi connectivity index (χ3v) is 5.14. The number of amides is 3. The molecule has 1 aliphatic heterocycles. The van der Waals surface area contributed by atoms with Crippen molar-refractivity contribution in [3.8, 4) is 0 Å². The number of carbonyl (C=O) groups is 4. The maximum Gasteiger partial charge on any atom is 0.337 e. The Bertz CT molecular complexity index is 1150. The highest BCUT2D eigenvalue weighted by atomic mass is 16.5. The second kappa shape index (κ2) is 7.44. The summed E-state index contributed by atoms with van der Waals surface area (Å²) in [6.07, 6.45) is 0. The van der Waals surface area contributed by atoms with Crippen molar-refractivity contribution < 1.29 is 23.9 Å². The van der Waals surface area contributed by atoms with Crippen LogP contribution < -0.4 is 5.32 Å². The van der Waals surface area contributed by atoms with E-state index in [9.17, 15) is 19.2 Å². The van der Waals surface area contributed by atoms with Gasteiger partial charge in [0.25, 0.3) is 11.8 Å². The molecule has 3 aromatic rings. The Morgan fingerprint density at radius 3 is 2.00 bits per heavy atom. The molecule has 1 N–H and O–H groups in total. The summed E-state index contributed by atoms with van der Waals surface area (Å²) in [5, 5.41) is 4.08. The number of benzene rings is 3. The predicted octanol–water partition coefficient (Wildman–Crippen LogP) is 3.25. The first-order valence-corrected chi connectivity index (χ1v) is 9.31. The van der Waals surface area contributed by atoms with Crippen LogP contribution in [0.25, 0.3) is 10.8 Å². The molecule has 0 radical (unpaired) electrons. The highest BCUT2D eigenvalue weighted by Crippen LogP contribution is 2.31. The van der Waals surface area contributed by atoms with Crippen LogP contribution in [0.5, 0.6) is 0 Å². The van der Waals surface area contributed by atoms with Gasteiger partial charge < -0.3 is 10.1 Å². The molecule has 0 spiro atoms. The molecule has 3 amide bonds. The minimum atomic E-state index is -1.03. The average molecular weight is 402 g/mol. The molecule has 0 fully saturated rings. The Kier molecular flexibility index (Phi) is 4.79. The van der Waals surface area contributed by atoms with E-state index < -0.39 is 29.7 Å². The third kappa shape index (κ3) is 3.10. The number of hydrogen-bond acceptors (Lipinski definition) is 5. The van der Waals surface area contributed by atoms with Crippen LogP contribution in [-0.2, 0) is 9.53 Å². The summed E-state index contributed by atoms with van der Waals surface area (Å²) < 4.78 is 4.64. The SMILES string of the molecule is COC(=O)c1ccc(NC(=O)[C@H](C)N2C(=O)c3cccc4cccc(c34)C2=O)cc1. The van der Waals surface area contributed by atoms with E-state index in [1.54, 1.807) is 36.4 Å². The van der Waals surface area contributed by atoms with Crippen molar-refractivity contribution in [2.45, 2.75) is 13.0 Å². The van der Waals surface area contributed by atoms with Gasteiger partial charge in [0, 0.05) is 22.2 Å². The van der Waals surface area contributed by atoms with Gasteiger partial charge in [-0.1, -0.05) is 24.3 Å². The smallest absolute Gasteiger partial charge is 0.337 e. The van der Waals surface area contributed by atoms with E-state index in [1.807, 2.05) is 12.1 Å². The van der Waals surface area contributed by atoms with E-state index in [1.165, 1.54) is 26.2 Å². The van der Waals surface area contributed by atoms with Gasteiger partial charge in [0.1, 0.15) is 6.04 Å².